The monoisotopic (exact) mass is 368 g/mol. The fourth-order valence-electron chi connectivity index (χ4n) is 4.12. The summed E-state index contributed by atoms with van der Waals surface area (Å²) < 4.78 is 8.04. The van der Waals surface area contributed by atoms with Gasteiger partial charge in [-0.25, -0.2) is 0 Å². The molecule has 0 saturated carbocycles. The highest BCUT2D eigenvalue weighted by molar-refractivity contribution is 5.78. The number of hydrogen-bond donors (Lipinski definition) is 0. The number of aryl methyl sites for hydroxylation is 3. The number of rotatable bonds is 4. The topological polar surface area (TPSA) is 60.2 Å². The fraction of sp³-hybridized carbons (Fsp3) is 0.571. The first kappa shape index (κ1) is 18.0. The first-order valence-corrected chi connectivity index (χ1v) is 10.0. The van der Waals surface area contributed by atoms with Crippen molar-refractivity contribution in [3.63, 3.8) is 0 Å². The minimum absolute atomic E-state index is 0.0280. The van der Waals surface area contributed by atoms with Crippen LogP contribution in [0.1, 0.15) is 60.9 Å². The van der Waals surface area contributed by atoms with E-state index in [2.05, 4.69) is 28.6 Å². The molecule has 3 heterocycles. The van der Waals surface area contributed by atoms with Crippen LogP contribution in [-0.4, -0.2) is 38.7 Å². The van der Waals surface area contributed by atoms with Gasteiger partial charge in [-0.05, 0) is 62.8 Å². The lowest BCUT2D eigenvalue weighted by atomic mass is 10.1. The average Bonchev–Trinajstić information content (AvgIpc) is 3.23. The third kappa shape index (κ3) is 3.70. The Morgan fingerprint density at radius 1 is 1.11 bits per heavy atom. The second-order valence-electron chi connectivity index (χ2n) is 7.72. The van der Waals surface area contributed by atoms with Gasteiger partial charge in [-0.3, -0.25) is 4.79 Å². The summed E-state index contributed by atoms with van der Waals surface area (Å²) in [6, 6.07) is 5.97. The van der Waals surface area contributed by atoms with Crippen LogP contribution in [0.25, 0.3) is 0 Å². The van der Waals surface area contributed by atoms with Crippen molar-refractivity contribution in [3.05, 3.63) is 41.0 Å². The summed E-state index contributed by atoms with van der Waals surface area (Å²) in [5.41, 5.74) is 2.39. The second kappa shape index (κ2) is 7.71. The molecule has 0 aliphatic carbocycles. The molecule has 27 heavy (non-hydrogen) atoms. The van der Waals surface area contributed by atoms with Gasteiger partial charge >= 0.3 is 0 Å². The largest absolute Gasteiger partial charge is 0.484 e. The quantitative estimate of drug-likeness (QED) is 0.830. The summed E-state index contributed by atoms with van der Waals surface area (Å²) in [7, 11) is 0. The summed E-state index contributed by atoms with van der Waals surface area (Å²) in [5.74, 6) is 2.82. The minimum Gasteiger partial charge on any atom is -0.484 e. The lowest BCUT2D eigenvalue weighted by molar-refractivity contribution is -0.134. The standard InChI is InChI=1S/C21H28N4O2/c1-15-9-10-17(13-16(15)2)27-14-20(26)24-12-6-7-18(24)21-23-22-19-8-4-3-5-11-25(19)21/h9-10,13,18H,3-8,11-12,14H2,1-2H3. The molecule has 1 saturated heterocycles. The fourth-order valence-corrected chi connectivity index (χ4v) is 4.12. The van der Waals surface area contributed by atoms with Crippen LogP contribution in [-0.2, 0) is 17.8 Å². The number of hydrogen-bond acceptors (Lipinski definition) is 4. The third-order valence-corrected chi connectivity index (χ3v) is 5.85. The van der Waals surface area contributed by atoms with Crippen LogP contribution >= 0.6 is 0 Å². The zero-order valence-electron chi connectivity index (χ0n) is 16.3. The van der Waals surface area contributed by atoms with Crippen LogP contribution < -0.4 is 4.74 Å². The Kier molecular flexibility index (Phi) is 5.14. The smallest absolute Gasteiger partial charge is 0.261 e. The second-order valence-corrected chi connectivity index (χ2v) is 7.72. The molecule has 1 unspecified atom stereocenters. The first-order valence-electron chi connectivity index (χ1n) is 10.0. The highest BCUT2D eigenvalue weighted by atomic mass is 16.5. The van der Waals surface area contributed by atoms with Crippen molar-refractivity contribution in [2.75, 3.05) is 13.2 Å². The zero-order valence-corrected chi connectivity index (χ0v) is 16.3. The molecule has 4 rings (SSSR count). The lowest BCUT2D eigenvalue weighted by Crippen LogP contribution is -2.35. The van der Waals surface area contributed by atoms with E-state index in [9.17, 15) is 4.79 Å². The van der Waals surface area contributed by atoms with Crippen LogP contribution in [0, 0.1) is 13.8 Å². The summed E-state index contributed by atoms with van der Waals surface area (Å²) >= 11 is 0. The van der Waals surface area contributed by atoms with Crippen molar-refractivity contribution >= 4 is 5.91 Å². The Morgan fingerprint density at radius 3 is 2.85 bits per heavy atom. The Bertz CT molecular complexity index is 830. The van der Waals surface area contributed by atoms with Gasteiger partial charge < -0.3 is 14.2 Å². The third-order valence-electron chi connectivity index (χ3n) is 5.85. The van der Waals surface area contributed by atoms with Crippen molar-refractivity contribution in [1.29, 1.82) is 0 Å². The highest BCUT2D eigenvalue weighted by Gasteiger charge is 2.34. The van der Waals surface area contributed by atoms with E-state index >= 15 is 0 Å². The Hall–Kier alpha value is -2.37. The molecule has 6 heteroatoms. The normalized spacial score (nSPS) is 19.6. The Morgan fingerprint density at radius 2 is 2.00 bits per heavy atom. The van der Waals surface area contributed by atoms with Crippen molar-refractivity contribution in [3.8, 4) is 5.75 Å². The number of carbonyl (C=O) groups is 1. The maximum atomic E-state index is 12.9. The molecule has 0 bridgehead atoms. The van der Waals surface area contributed by atoms with Crippen molar-refractivity contribution in [1.82, 2.24) is 19.7 Å². The molecule has 1 amide bonds. The number of ether oxygens (including phenoxy) is 1. The Labute approximate surface area is 160 Å². The number of aromatic nitrogens is 3. The molecule has 2 aliphatic heterocycles. The molecule has 1 aromatic heterocycles. The number of fused-ring (bicyclic) bond motifs is 1. The number of nitrogens with zero attached hydrogens (tertiary/aromatic N) is 4. The van der Waals surface area contributed by atoms with Crippen molar-refractivity contribution < 1.29 is 9.53 Å². The molecule has 1 aromatic carbocycles. The van der Waals surface area contributed by atoms with Gasteiger partial charge in [0.05, 0.1) is 6.04 Å². The summed E-state index contributed by atoms with van der Waals surface area (Å²) in [5, 5.41) is 8.88. The molecule has 1 fully saturated rings. The number of likely N-dealkylation sites (tertiary alicyclic amines) is 1. The van der Waals surface area contributed by atoms with Crippen molar-refractivity contribution in [2.45, 2.75) is 65.0 Å². The highest BCUT2D eigenvalue weighted by Crippen LogP contribution is 2.32. The Balaban J connectivity index is 1.45. The molecule has 144 valence electrons. The van der Waals surface area contributed by atoms with Crippen LogP contribution in [0.3, 0.4) is 0 Å². The average molecular weight is 368 g/mol. The van der Waals surface area contributed by atoms with E-state index in [0.29, 0.717) is 0 Å². The first-order chi connectivity index (χ1) is 13.1. The molecule has 0 radical (unpaired) electrons. The van der Waals surface area contributed by atoms with E-state index in [1.54, 1.807) is 0 Å². The van der Waals surface area contributed by atoms with Gasteiger partial charge in [0.15, 0.2) is 12.4 Å². The van der Waals surface area contributed by atoms with E-state index in [1.165, 1.54) is 24.0 Å². The van der Waals surface area contributed by atoms with Crippen molar-refractivity contribution in [2.24, 2.45) is 0 Å². The van der Waals surface area contributed by atoms with Crippen LogP contribution in [0.4, 0.5) is 0 Å². The molecular formula is C21H28N4O2. The summed E-state index contributed by atoms with van der Waals surface area (Å²) in [4.78, 5) is 14.8. The van der Waals surface area contributed by atoms with Gasteiger partial charge in [0.25, 0.3) is 5.91 Å². The maximum absolute atomic E-state index is 12.9. The van der Waals surface area contributed by atoms with Gasteiger partial charge in [-0.1, -0.05) is 12.5 Å². The molecule has 2 aliphatic rings. The van der Waals surface area contributed by atoms with E-state index in [-0.39, 0.29) is 18.6 Å². The van der Waals surface area contributed by atoms with Crippen LogP contribution in [0.2, 0.25) is 0 Å². The van der Waals surface area contributed by atoms with E-state index in [4.69, 9.17) is 4.74 Å². The number of benzene rings is 1. The molecule has 0 spiro atoms. The van der Waals surface area contributed by atoms with Gasteiger partial charge in [-0.15, -0.1) is 10.2 Å². The predicted molar refractivity (Wildman–Crippen MR) is 103 cm³/mol. The number of carbonyl (C=O) groups excluding carboxylic acids is 1. The van der Waals surface area contributed by atoms with E-state index < -0.39 is 0 Å². The molecular weight excluding hydrogens is 340 g/mol. The predicted octanol–water partition coefficient (Wildman–Crippen LogP) is 3.36. The lowest BCUT2D eigenvalue weighted by Gasteiger charge is -2.24. The summed E-state index contributed by atoms with van der Waals surface area (Å²) in [6.07, 6.45) is 6.52. The molecule has 1 atom stereocenters. The number of amides is 1. The zero-order chi connectivity index (χ0) is 18.8. The maximum Gasteiger partial charge on any atom is 0.261 e. The molecule has 0 N–H and O–H groups in total. The minimum atomic E-state index is 0.0280. The summed E-state index contributed by atoms with van der Waals surface area (Å²) in [6.45, 7) is 5.93. The van der Waals surface area contributed by atoms with Crippen LogP contribution in [0.5, 0.6) is 5.75 Å². The molecule has 2 aromatic rings. The van der Waals surface area contributed by atoms with E-state index in [1.807, 2.05) is 23.1 Å². The van der Waals surface area contributed by atoms with Gasteiger partial charge in [0.1, 0.15) is 11.6 Å². The van der Waals surface area contributed by atoms with Gasteiger partial charge in [0.2, 0.25) is 0 Å². The van der Waals surface area contributed by atoms with Gasteiger partial charge in [-0.2, -0.15) is 0 Å². The SMILES string of the molecule is Cc1ccc(OCC(=O)N2CCCC2c2nnc3n2CCCCC3)cc1C. The molecule has 6 nitrogen and oxygen atoms in total. The van der Waals surface area contributed by atoms with E-state index in [0.717, 1.165) is 56.2 Å². The van der Waals surface area contributed by atoms with Gasteiger partial charge in [0, 0.05) is 19.5 Å². The van der Waals surface area contributed by atoms with Crippen LogP contribution in [0.15, 0.2) is 18.2 Å².